The molecule has 1 saturated heterocycles. The lowest BCUT2D eigenvalue weighted by atomic mass is 9.50. The zero-order valence-corrected chi connectivity index (χ0v) is 24.6. The van der Waals surface area contributed by atoms with Gasteiger partial charge in [0.2, 0.25) is 0 Å². The van der Waals surface area contributed by atoms with Crippen molar-refractivity contribution in [2.75, 3.05) is 19.8 Å². The molecule has 4 fully saturated rings. The summed E-state index contributed by atoms with van der Waals surface area (Å²) in [5.74, 6) is 6.71. The normalized spacial score (nSPS) is 39.3. The molecule has 1 aromatic carbocycles. The summed E-state index contributed by atoms with van der Waals surface area (Å²) in [6, 6.07) is 8.63. The number of thiol groups is 1. The zero-order valence-electron chi connectivity index (χ0n) is 23.7. The Balaban J connectivity index is 1.41. The number of aliphatic hydroxyl groups excluding tert-OH is 1. The fourth-order valence-corrected chi connectivity index (χ4v) is 9.52. The molecule has 6 heteroatoms. The van der Waals surface area contributed by atoms with Crippen molar-refractivity contribution in [3.63, 3.8) is 0 Å². The molecule has 1 spiro atoms. The SMILES string of the molecule is CC1(C)COC2(CCC3=C4C(c5ccc(C#CCN)cc5)CC5(C)C(CCC5[C@@H](O)S)C4CCC3(O)C2)OC1. The number of aliphatic hydroxyl groups is 2. The van der Waals surface area contributed by atoms with Crippen molar-refractivity contribution in [1.82, 2.24) is 0 Å². The summed E-state index contributed by atoms with van der Waals surface area (Å²) in [4.78, 5) is 0. The van der Waals surface area contributed by atoms with Gasteiger partial charge in [-0.25, -0.2) is 0 Å². The minimum atomic E-state index is -0.898. The number of rotatable bonds is 2. The summed E-state index contributed by atoms with van der Waals surface area (Å²) in [5, 5.41) is 23.0. The van der Waals surface area contributed by atoms with E-state index in [4.69, 9.17) is 15.2 Å². The summed E-state index contributed by atoms with van der Waals surface area (Å²) < 4.78 is 12.8. The van der Waals surface area contributed by atoms with Crippen LogP contribution >= 0.6 is 12.6 Å². The third-order valence-corrected chi connectivity index (χ3v) is 11.3. The van der Waals surface area contributed by atoms with Gasteiger partial charge in [0.1, 0.15) is 0 Å². The Morgan fingerprint density at radius 2 is 1.79 bits per heavy atom. The van der Waals surface area contributed by atoms with E-state index in [0.29, 0.717) is 38.0 Å². The lowest BCUT2D eigenvalue weighted by Gasteiger charge is -2.58. The monoisotopic (exact) mass is 551 g/mol. The summed E-state index contributed by atoms with van der Waals surface area (Å²) in [6.45, 7) is 8.40. The van der Waals surface area contributed by atoms with Crippen molar-refractivity contribution in [3.05, 3.63) is 46.5 Å². The van der Waals surface area contributed by atoms with Gasteiger partial charge in [-0.2, -0.15) is 0 Å². The van der Waals surface area contributed by atoms with Crippen LogP contribution in [0.2, 0.25) is 0 Å². The quantitative estimate of drug-likeness (QED) is 0.177. The number of ether oxygens (including phenoxy) is 2. The van der Waals surface area contributed by atoms with E-state index in [9.17, 15) is 10.2 Å². The Kier molecular flexibility index (Phi) is 7.06. The fraction of sp³-hybridized carbons (Fsp3) is 0.697. The minimum Gasteiger partial charge on any atom is -0.385 e. The predicted molar refractivity (Wildman–Crippen MR) is 156 cm³/mol. The van der Waals surface area contributed by atoms with Crippen molar-refractivity contribution in [3.8, 4) is 11.8 Å². The van der Waals surface area contributed by atoms with Crippen LogP contribution < -0.4 is 5.73 Å². The molecule has 6 rings (SSSR count). The highest BCUT2D eigenvalue weighted by molar-refractivity contribution is 7.80. The van der Waals surface area contributed by atoms with Crippen LogP contribution in [-0.2, 0) is 9.47 Å². The molecule has 5 aliphatic rings. The van der Waals surface area contributed by atoms with Crippen LogP contribution in [0.1, 0.15) is 89.2 Å². The Bertz CT molecular complexity index is 1190. The molecule has 0 bridgehead atoms. The summed E-state index contributed by atoms with van der Waals surface area (Å²) in [5.41, 5.74) is 9.04. The van der Waals surface area contributed by atoms with Crippen LogP contribution in [0.3, 0.4) is 0 Å². The van der Waals surface area contributed by atoms with E-state index in [1.54, 1.807) is 0 Å². The van der Waals surface area contributed by atoms with Gasteiger partial charge in [-0.1, -0.05) is 50.3 Å². The van der Waals surface area contributed by atoms with Gasteiger partial charge in [0.05, 0.1) is 30.8 Å². The Hall–Kier alpha value is -1.33. The molecule has 1 aliphatic heterocycles. The van der Waals surface area contributed by atoms with Crippen LogP contribution in [0, 0.1) is 40.4 Å². The van der Waals surface area contributed by atoms with Gasteiger partial charge >= 0.3 is 0 Å². The lowest BCUT2D eigenvalue weighted by molar-refractivity contribution is -0.322. The van der Waals surface area contributed by atoms with Gasteiger partial charge in [-0.15, -0.1) is 12.6 Å². The standard InChI is InChI=1S/C33H45NO4S/c1-30(2)19-37-33(38-20-30)15-13-26-28-23(12-14-32(26,36)18-33)25-10-11-27(29(35)39)31(25,3)17-24(28)22-8-6-21(7-9-22)5-4-16-34/h6-9,23-25,27,29,35-36,39H,10-20,34H2,1-3H3/t23?,24?,25?,27?,29-,31?,32?/m0/s1. The maximum Gasteiger partial charge on any atom is 0.171 e. The van der Waals surface area contributed by atoms with E-state index >= 15 is 0 Å². The van der Waals surface area contributed by atoms with Gasteiger partial charge < -0.3 is 25.4 Å². The summed E-state index contributed by atoms with van der Waals surface area (Å²) in [6.07, 6.45) is 6.91. The number of fused-ring (bicyclic) bond motifs is 4. The average Bonchev–Trinajstić information content (AvgIpc) is 3.26. The van der Waals surface area contributed by atoms with Gasteiger partial charge in [0.15, 0.2) is 5.79 Å². The first-order chi connectivity index (χ1) is 18.5. The van der Waals surface area contributed by atoms with E-state index in [-0.39, 0.29) is 22.7 Å². The molecule has 0 aromatic heterocycles. The van der Waals surface area contributed by atoms with E-state index in [1.165, 1.54) is 16.7 Å². The minimum absolute atomic E-state index is 0.000454. The Morgan fingerprint density at radius 1 is 1.08 bits per heavy atom. The Morgan fingerprint density at radius 3 is 2.46 bits per heavy atom. The first-order valence-corrected chi connectivity index (χ1v) is 15.4. The summed E-state index contributed by atoms with van der Waals surface area (Å²) in [7, 11) is 0. The highest BCUT2D eigenvalue weighted by Gasteiger charge is 2.61. The molecule has 39 heavy (non-hydrogen) atoms. The highest BCUT2D eigenvalue weighted by Crippen LogP contribution is 2.67. The number of hydrogen-bond donors (Lipinski definition) is 4. The maximum absolute atomic E-state index is 12.3. The van der Waals surface area contributed by atoms with Crippen LogP contribution in [-0.4, -0.2) is 46.8 Å². The topological polar surface area (TPSA) is 84.9 Å². The molecule has 0 radical (unpaired) electrons. The third kappa shape index (κ3) is 4.72. The Labute approximate surface area is 239 Å². The predicted octanol–water partition coefficient (Wildman–Crippen LogP) is 5.16. The van der Waals surface area contributed by atoms with E-state index in [1.807, 2.05) is 0 Å². The van der Waals surface area contributed by atoms with Crippen LogP contribution in [0.5, 0.6) is 0 Å². The molecule has 212 valence electrons. The number of allylic oxidation sites excluding steroid dienone is 1. The van der Waals surface area contributed by atoms with Crippen molar-refractivity contribution in [2.24, 2.45) is 34.3 Å². The second-order valence-electron chi connectivity index (χ2n) is 14.0. The van der Waals surface area contributed by atoms with Crippen LogP contribution in [0.15, 0.2) is 35.4 Å². The molecule has 7 atom stereocenters. The number of nitrogens with two attached hydrogens (primary N) is 1. The van der Waals surface area contributed by atoms with Gasteiger partial charge in [0, 0.05) is 29.7 Å². The molecule has 4 N–H and O–H groups in total. The molecule has 1 heterocycles. The molecular weight excluding hydrogens is 506 g/mol. The fourth-order valence-electron chi connectivity index (χ4n) is 9.03. The first-order valence-electron chi connectivity index (χ1n) is 14.9. The zero-order chi connectivity index (χ0) is 27.6. The van der Waals surface area contributed by atoms with E-state index in [2.05, 4.69) is 69.5 Å². The highest BCUT2D eigenvalue weighted by atomic mass is 32.1. The van der Waals surface area contributed by atoms with Crippen LogP contribution in [0.25, 0.3) is 0 Å². The lowest BCUT2D eigenvalue weighted by Crippen LogP contribution is -2.57. The second-order valence-corrected chi connectivity index (χ2v) is 14.6. The maximum atomic E-state index is 12.3. The van der Waals surface area contributed by atoms with Crippen molar-refractivity contribution in [1.29, 1.82) is 0 Å². The molecule has 1 aromatic rings. The molecule has 6 unspecified atom stereocenters. The number of benzene rings is 1. The van der Waals surface area contributed by atoms with E-state index < -0.39 is 16.8 Å². The molecule has 3 saturated carbocycles. The third-order valence-electron chi connectivity index (χ3n) is 10.9. The second kappa shape index (κ2) is 9.89. The van der Waals surface area contributed by atoms with Crippen molar-refractivity contribution in [2.45, 2.75) is 94.9 Å². The first kappa shape index (κ1) is 27.8. The molecular formula is C33H45NO4S. The van der Waals surface area contributed by atoms with Gasteiger partial charge in [0.25, 0.3) is 0 Å². The largest absolute Gasteiger partial charge is 0.385 e. The molecule has 0 amide bonds. The molecule has 5 nitrogen and oxygen atoms in total. The summed E-state index contributed by atoms with van der Waals surface area (Å²) >= 11 is 4.55. The average molecular weight is 552 g/mol. The number of hydrogen-bond acceptors (Lipinski definition) is 6. The van der Waals surface area contributed by atoms with Crippen molar-refractivity contribution >= 4 is 12.6 Å². The van der Waals surface area contributed by atoms with Crippen molar-refractivity contribution < 1.29 is 19.7 Å². The van der Waals surface area contributed by atoms with Gasteiger partial charge in [-0.3, -0.25) is 0 Å². The smallest absolute Gasteiger partial charge is 0.171 e. The van der Waals surface area contributed by atoms with Crippen LogP contribution in [0.4, 0.5) is 0 Å². The molecule has 4 aliphatic carbocycles. The van der Waals surface area contributed by atoms with E-state index in [0.717, 1.165) is 50.5 Å². The van der Waals surface area contributed by atoms with Gasteiger partial charge in [-0.05, 0) is 85.0 Å².